The molecule has 1 saturated heterocycles. The molecule has 0 unspecified atom stereocenters. The number of halogens is 1. The first kappa shape index (κ1) is 13.7. The standard InChI is InChI=1S/C11H18N2OS.ClH/c1(2-10-3-5-12-6-4-10)8-14-11-13-7-9-15-11;/h7,9-10,12H,1-6,8H2;1H. The van der Waals surface area contributed by atoms with E-state index < -0.39 is 0 Å². The monoisotopic (exact) mass is 262 g/mol. The summed E-state index contributed by atoms with van der Waals surface area (Å²) in [4.78, 5) is 4.09. The number of aromatic nitrogens is 1. The van der Waals surface area contributed by atoms with Crippen molar-refractivity contribution in [1.29, 1.82) is 0 Å². The molecule has 1 aliphatic rings. The van der Waals surface area contributed by atoms with Crippen LogP contribution in [-0.4, -0.2) is 24.7 Å². The summed E-state index contributed by atoms with van der Waals surface area (Å²) in [7, 11) is 0. The van der Waals surface area contributed by atoms with Gasteiger partial charge < -0.3 is 10.1 Å². The smallest absolute Gasteiger partial charge is 0.273 e. The molecular weight excluding hydrogens is 244 g/mol. The lowest BCUT2D eigenvalue weighted by atomic mass is 9.93. The summed E-state index contributed by atoms with van der Waals surface area (Å²) in [5, 5.41) is 6.14. The van der Waals surface area contributed by atoms with E-state index in [0.29, 0.717) is 0 Å². The van der Waals surface area contributed by atoms with Crippen LogP contribution in [0.3, 0.4) is 0 Å². The highest BCUT2D eigenvalue weighted by Gasteiger charge is 2.12. The number of hydrogen-bond acceptors (Lipinski definition) is 4. The van der Waals surface area contributed by atoms with E-state index in [2.05, 4.69) is 10.3 Å². The Kier molecular flexibility index (Phi) is 6.76. The van der Waals surface area contributed by atoms with Crippen molar-refractivity contribution in [2.45, 2.75) is 25.7 Å². The van der Waals surface area contributed by atoms with Gasteiger partial charge in [0.1, 0.15) is 0 Å². The zero-order valence-corrected chi connectivity index (χ0v) is 11.0. The molecule has 0 bridgehead atoms. The summed E-state index contributed by atoms with van der Waals surface area (Å²) < 4.78 is 5.53. The molecule has 0 amide bonds. The third-order valence-electron chi connectivity index (χ3n) is 2.85. The maximum atomic E-state index is 5.53. The maximum Gasteiger partial charge on any atom is 0.273 e. The van der Waals surface area contributed by atoms with Crippen molar-refractivity contribution in [2.24, 2.45) is 5.92 Å². The second-order valence-corrected chi connectivity index (χ2v) is 4.84. The van der Waals surface area contributed by atoms with Crippen molar-refractivity contribution < 1.29 is 4.74 Å². The molecule has 0 saturated carbocycles. The normalized spacial score (nSPS) is 16.8. The fraction of sp³-hybridized carbons (Fsp3) is 0.727. The highest BCUT2D eigenvalue weighted by Crippen LogP contribution is 2.19. The molecule has 0 aromatic carbocycles. The highest BCUT2D eigenvalue weighted by atomic mass is 35.5. The third kappa shape index (κ3) is 4.68. The van der Waals surface area contributed by atoms with Gasteiger partial charge in [0.15, 0.2) is 0 Å². The zero-order chi connectivity index (χ0) is 10.3. The molecule has 0 aliphatic carbocycles. The Bertz CT molecular complexity index is 263. The summed E-state index contributed by atoms with van der Waals surface area (Å²) in [5.74, 6) is 0.908. The molecule has 16 heavy (non-hydrogen) atoms. The molecular formula is C11H19ClN2OS. The molecule has 1 aromatic heterocycles. The fourth-order valence-corrected chi connectivity index (χ4v) is 2.49. The molecule has 2 heterocycles. The number of nitrogens with zero attached hydrogens (tertiary/aromatic N) is 1. The zero-order valence-electron chi connectivity index (χ0n) is 9.35. The lowest BCUT2D eigenvalue weighted by Crippen LogP contribution is -2.27. The van der Waals surface area contributed by atoms with Gasteiger partial charge in [0.05, 0.1) is 6.61 Å². The highest BCUT2D eigenvalue weighted by molar-refractivity contribution is 7.11. The van der Waals surface area contributed by atoms with Gasteiger partial charge in [-0.1, -0.05) is 11.3 Å². The molecule has 1 N–H and O–H groups in total. The fourth-order valence-electron chi connectivity index (χ4n) is 1.98. The van der Waals surface area contributed by atoms with Crippen molar-refractivity contribution in [3.8, 4) is 5.19 Å². The second kappa shape index (κ2) is 7.87. The largest absolute Gasteiger partial charge is 0.470 e. The van der Waals surface area contributed by atoms with Gasteiger partial charge >= 0.3 is 0 Å². The lowest BCUT2D eigenvalue weighted by molar-refractivity contribution is 0.273. The van der Waals surface area contributed by atoms with E-state index in [1.54, 1.807) is 17.5 Å². The number of rotatable bonds is 5. The molecule has 0 atom stereocenters. The molecule has 3 nitrogen and oxygen atoms in total. The van der Waals surface area contributed by atoms with Crippen LogP contribution >= 0.6 is 23.7 Å². The van der Waals surface area contributed by atoms with Crippen molar-refractivity contribution in [2.75, 3.05) is 19.7 Å². The van der Waals surface area contributed by atoms with Crippen LogP contribution in [0, 0.1) is 5.92 Å². The van der Waals surface area contributed by atoms with E-state index in [1.807, 2.05) is 5.38 Å². The van der Waals surface area contributed by atoms with Gasteiger partial charge in [-0.05, 0) is 44.7 Å². The Morgan fingerprint density at radius 2 is 2.25 bits per heavy atom. The van der Waals surface area contributed by atoms with E-state index >= 15 is 0 Å². The molecule has 0 radical (unpaired) electrons. The van der Waals surface area contributed by atoms with Gasteiger partial charge in [0, 0.05) is 11.6 Å². The minimum atomic E-state index is 0. The first-order valence-corrected chi connectivity index (χ1v) is 6.56. The first-order chi connectivity index (χ1) is 7.45. The van der Waals surface area contributed by atoms with Gasteiger partial charge in [-0.25, -0.2) is 4.98 Å². The predicted molar refractivity (Wildman–Crippen MR) is 69.7 cm³/mol. The van der Waals surface area contributed by atoms with Gasteiger partial charge in [-0.15, -0.1) is 12.4 Å². The van der Waals surface area contributed by atoms with Crippen LogP contribution in [0.5, 0.6) is 5.19 Å². The van der Waals surface area contributed by atoms with Crippen molar-refractivity contribution in [1.82, 2.24) is 10.3 Å². The number of ether oxygens (including phenoxy) is 1. The molecule has 1 aliphatic heterocycles. The molecule has 5 heteroatoms. The average Bonchev–Trinajstić information content (AvgIpc) is 2.79. The van der Waals surface area contributed by atoms with Gasteiger partial charge in [0.25, 0.3) is 5.19 Å². The molecule has 1 fully saturated rings. The third-order valence-corrected chi connectivity index (χ3v) is 3.53. The van der Waals surface area contributed by atoms with E-state index in [-0.39, 0.29) is 12.4 Å². The van der Waals surface area contributed by atoms with Crippen LogP contribution in [0.1, 0.15) is 25.7 Å². The van der Waals surface area contributed by atoms with Gasteiger partial charge in [0.2, 0.25) is 0 Å². The summed E-state index contributed by atoms with van der Waals surface area (Å²) in [6.45, 7) is 3.20. The van der Waals surface area contributed by atoms with Crippen LogP contribution in [0.2, 0.25) is 0 Å². The van der Waals surface area contributed by atoms with Gasteiger partial charge in [-0.3, -0.25) is 0 Å². The van der Waals surface area contributed by atoms with Crippen LogP contribution in [-0.2, 0) is 0 Å². The Morgan fingerprint density at radius 3 is 2.94 bits per heavy atom. The van der Waals surface area contributed by atoms with E-state index in [1.165, 1.54) is 32.4 Å². The predicted octanol–water partition coefficient (Wildman–Crippen LogP) is 2.72. The SMILES string of the molecule is Cl.c1csc(OCCCC2CCNCC2)n1. The topological polar surface area (TPSA) is 34.1 Å². The minimum absolute atomic E-state index is 0. The number of nitrogens with one attached hydrogen (secondary N) is 1. The quantitative estimate of drug-likeness (QED) is 0.829. The van der Waals surface area contributed by atoms with Crippen LogP contribution in [0.4, 0.5) is 0 Å². The van der Waals surface area contributed by atoms with E-state index in [0.717, 1.165) is 24.1 Å². The number of thiazole rings is 1. The minimum Gasteiger partial charge on any atom is -0.470 e. The summed E-state index contributed by atoms with van der Waals surface area (Å²) >= 11 is 1.57. The van der Waals surface area contributed by atoms with E-state index in [9.17, 15) is 0 Å². The average molecular weight is 263 g/mol. The maximum absolute atomic E-state index is 5.53. The number of hydrogen-bond donors (Lipinski definition) is 1. The molecule has 92 valence electrons. The Balaban J connectivity index is 0.00000128. The van der Waals surface area contributed by atoms with E-state index in [4.69, 9.17) is 4.74 Å². The van der Waals surface area contributed by atoms with Gasteiger partial charge in [-0.2, -0.15) is 0 Å². The van der Waals surface area contributed by atoms with Crippen LogP contribution < -0.4 is 10.1 Å². The van der Waals surface area contributed by atoms with Crippen LogP contribution in [0.25, 0.3) is 0 Å². The first-order valence-electron chi connectivity index (χ1n) is 5.68. The summed E-state index contributed by atoms with van der Waals surface area (Å²) in [6, 6.07) is 0. The van der Waals surface area contributed by atoms with Crippen LogP contribution in [0.15, 0.2) is 11.6 Å². The summed E-state index contributed by atoms with van der Waals surface area (Å²) in [6.07, 6.45) is 6.90. The molecule has 1 aromatic rings. The number of piperidine rings is 1. The Labute approximate surface area is 107 Å². The second-order valence-electron chi connectivity index (χ2n) is 3.98. The molecule has 2 rings (SSSR count). The lowest BCUT2D eigenvalue weighted by Gasteiger charge is -2.22. The summed E-state index contributed by atoms with van der Waals surface area (Å²) in [5.41, 5.74) is 0. The molecule has 0 spiro atoms. The Morgan fingerprint density at radius 1 is 1.44 bits per heavy atom. The van der Waals surface area contributed by atoms with Crippen molar-refractivity contribution >= 4 is 23.7 Å². The van der Waals surface area contributed by atoms with Crippen molar-refractivity contribution in [3.05, 3.63) is 11.6 Å². The van der Waals surface area contributed by atoms with Crippen molar-refractivity contribution in [3.63, 3.8) is 0 Å². The Hall–Kier alpha value is -0.320.